The molecule has 1 aromatic rings. The summed E-state index contributed by atoms with van der Waals surface area (Å²) in [5, 5.41) is 14.2. The molecule has 1 aliphatic carbocycles. The summed E-state index contributed by atoms with van der Waals surface area (Å²) < 4.78 is 5.43. The van der Waals surface area contributed by atoms with Gasteiger partial charge >= 0.3 is 6.01 Å². The smallest absolute Gasteiger partial charge is 0.315 e. The highest BCUT2D eigenvalue weighted by molar-refractivity contribution is 5.19. The molecule has 2 rings (SSSR count). The van der Waals surface area contributed by atoms with Crippen LogP contribution in [0.3, 0.4) is 0 Å². The number of anilines is 1. The quantitative estimate of drug-likeness (QED) is 0.789. The van der Waals surface area contributed by atoms with Crippen molar-refractivity contribution >= 4 is 6.01 Å². The van der Waals surface area contributed by atoms with Crippen molar-refractivity contribution in [2.45, 2.75) is 44.7 Å². The maximum absolute atomic E-state index is 5.43. The zero-order valence-electron chi connectivity index (χ0n) is 9.12. The van der Waals surface area contributed by atoms with E-state index in [9.17, 15) is 0 Å². The highest BCUT2D eigenvalue weighted by Gasteiger charge is 2.15. The number of aromatic nitrogens is 2. The van der Waals surface area contributed by atoms with Crippen molar-refractivity contribution in [1.29, 1.82) is 0 Å². The molecule has 0 amide bonds. The Balaban J connectivity index is 1.86. The Morgan fingerprint density at radius 3 is 2.80 bits per heavy atom. The van der Waals surface area contributed by atoms with Crippen molar-refractivity contribution in [1.82, 2.24) is 15.5 Å². The second-order valence-electron chi connectivity index (χ2n) is 4.01. The van der Waals surface area contributed by atoms with Gasteiger partial charge in [0.1, 0.15) is 0 Å². The summed E-state index contributed by atoms with van der Waals surface area (Å²) in [6.07, 6.45) is 6.38. The third kappa shape index (κ3) is 2.92. The Kier molecular flexibility index (Phi) is 3.55. The van der Waals surface area contributed by atoms with Gasteiger partial charge in [0.15, 0.2) is 0 Å². The number of hydrogen-bond acceptors (Lipinski definition) is 5. The summed E-state index contributed by atoms with van der Waals surface area (Å²) in [5.41, 5.74) is 0. The molecular weight excluding hydrogens is 192 g/mol. The Bertz CT molecular complexity index is 293. The lowest BCUT2D eigenvalue weighted by molar-refractivity contribution is 0.438. The summed E-state index contributed by atoms with van der Waals surface area (Å²) in [6, 6.07) is 1.08. The molecule has 1 saturated carbocycles. The second kappa shape index (κ2) is 5.11. The van der Waals surface area contributed by atoms with E-state index in [0.29, 0.717) is 24.5 Å². The van der Waals surface area contributed by atoms with Gasteiger partial charge in [-0.1, -0.05) is 24.4 Å². The van der Waals surface area contributed by atoms with Gasteiger partial charge in [-0.15, -0.1) is 5.10 Å². The molecule has 5 heteroatoms. The molecule has 0 aromatic carbocycles. The van der Waals surface area contributed by atoms with Gasteiger partial charge in [-0.2, -0.15) is 0 Å². The fraction of sp³-hybridized carbons (Fsp3) is 0.800. The van der Waals surface area contributed by atoms with Crippen LogP contribution in [0.25, 0.3) is 0 Å². The lowest BCUT2D eigenvalue weighted by Gasteiger charge is -2.21. The Labute approximate surface area is 89.6 Å². The minimum absolute atomic E-state index is 0.515. The average Bonchev–Trinajstić information content (AvgIpc) is 2.68. The van der Waals surface area contributed by atoms with Gasteiger partial charge in [-0.3, -0.25) is 0 Å². The Morgan fingerprint density at radius 1 is 1.27 bits per heavy atom. The maximum atomic E-state index is 5.43. The SMILES string of the molecule is CNCc1nnc(NC2CCCCC2)o1. The second-order valence-corrected chi connectivity index (χ2v) is 4.01. The van der Waals surface area contributed by atoms with E-state index in [0.717, 1.165) is 0 Å². The Morgan fingerprint density at radius 2 is 2.07 bits per heavy atom. The molecular formula is C10H18N4O. The highest BCUT2D eigenvalue weighted by atomic mass is 16.4. The van der Waals surface area contributed by atoms with Crippen molar-refractivity contribution in [2.24, 2.45) is 0 Å². The first-order chi connectivity index (χ1) is 7.38. The normalized spacial score (nSPS) is 17.9. The van der Waals surface area contributed by atoms with Crippen molar-refractivity contribution < 1.29 is 4.42 Å². The van der Waals surface area contributed by atoms with Crippen molar-refractivity contribution in [2.75, 3.05) is 12.4 Å². The third-order valence-corrected chi connectivity index (χ3v) is 2.73. The molecule has 0 unspecified atom stereocenters. The minimum Gasteiger partial charge on any atom is -0.407 e. The van der Waals surface area contributed by atoms with Crippen molar-refractivity contribution in [3.63, 3.8) is 0 Å². The zero-order valence-corrected chi connectivity index (χ0v) is 9.12. The van der Waals surface area contributed by atoms with Crippen LogP contribution in [0.5, 0.6) is 0 Å². The molecule has 0 atom stereocenters. The van der Waals surface area contributed by atoms with E-state index < -0.39 is 0 Å². The fourth-order valence-corrected chi connectivity index (χ4v) is 1.96. The van der Waals surface area contributed by atoms with Gasteiger partial charge in [0, 0.05) is 6.04 Å². The van der Waals surface area contributed by atoms with E-state index in [2.05, 4.69) is 20.8 Å². The molecule has 0 radical (unpaired) electrons. The van der Waals surface area contributed by atoms with E-state index in [1.54, 1.807) is 0 Å². The predicted molar refractivity (Wildman–Crippen MR) is 57.6 cm³/mol. The molecule has 0 saturated heterocycles. The standard InChI is InChI=1S/C10H18N4O/c1-11-7-9-13-14-10(15-9)12-8-5-3-2-4-6-8/h8,11H,2-7H2,1H3,(H,12,14). The Hall–Kier alpha value is -1.10. The third-order valence-electron chi connectivity index (χ3n) is 2.73. The van der Waals surface area contributed by atoms with Crippen LogP contribution in [0, 0.1) is 0 Å². The molecule has 5 nitrogen and oxygen atoms in total. The lowest BCUT2D eigenvalue weighted by atomic mass is 9.96. The number of hydrogen-bond donors (Lipinski definition) is 2. The maximum Gasteiger partial charge on any atom is 0.315 e. The molecule has 1 aliphatic rings. The predicted octanol–water partition coefficient (Wildman–Crippen LogP) is 1.53. The molecule has 84 valence electrons. The summed E-state index contributed by atoms with van der Waals surface area (Å²) in [4.78, 5) is 0. The number of nitrogens with zero attached hydrogens (tertiary/aromatic N) is 2. The molecule has 0 aliphatic heterocycles. The van der Waals surface area contributed by atoms with Crippen LogP contribution in [0.1, 0.15) is 38.0 Å². The molecule has 1 fully saturated rings. The van der Waals surface area contributed by atoms with E-state index in [-0.39, 0.29) is 0 Å². The first-order valence-corrected chi connectivity index (χ1v) is 5.62. The highest BCUT2D eigenvalue weighted by Crippen LogP contribution is 2.20. The number of rotatable bonds is 4. The number of nitrogens with one attached hydrogen (secondary N) is 2. The van der Waals surface area contributed by atoms with Crippen LogP contribution < -0.4 is 10.6 Å². The topological polar surface area (TPSA) is 63.0 Å². The van der Waals surface area contributed by atoms with E-state index in [1.165, 1.54) is 32.1 Å². The van der Waals surface area contributed by atoms with Gasteiger partial charge in [0.2, 0.25) is 5.89 Å². The molecule has 1 aromatic heterocycles. The molecule has 15 heavy (non-hydrogen) atoms. The summed E-state index contributed by atoms with van der Waals surface area (Å²) in [7, 11) is 1.86. The molecule has 0 bridgehead atoms. The summed E-state index contributed by atoms with van der Waals surface area (Å²) >= 11 is 0. The largest absolute Gasteiger partial charge is 0.407 e. The van der Waals surface area contributed by atoms with Gasteiger partial charge < -0.3 is 15.1 Å². The van der Waals surface area contributed by atoms with Crippen LogP contribution in [-0.2, 0) is 6.54 Å². The van der Waals surface area contributed by atoms with Crippen LogP contribution in [0.15, 0.2) is 4.42 Å². The summed E-state index contributed by atoms with van der Waals surface area (Å²) in [6.45, 7) is 0.624. The summed E-state index contributed by atoms with van der Waals surface area (Å²) in [5.74, 6) is 0.635. The van der Waals surface area contributed by atoms with Crippen LogP contribution in [0.2, 0.25) is 0 Å². The monoisotopic (exact) mass is 210 g/mol. The molecule has 1 heterocycles. The molecule has 0 spiro atoms. The zero-order chi connectivity index (χ0) is 10.5. The average molecular weight is 210 g/mol. The van der Waals surface area contributed by atoms with Gasteiger partial charge in [0.25, 0.3) is 0 Å². The van der Waals surface area contributed by atoms with Gasteiger partial charge in [-0.05, 0) is 19.9 Å². The van der Waals surface area contributed by atoms with Crippen LogP contribution in [0.4, 0.5) is 6.01 Å². The van der Waals surface area contributed by atoms with Crippen LogP contribution >= 0.6 is 0 Å². The first kappa shape index (κ1) is 10.4. The van der Waals surface area contributed by atoms with Gasteiger partial charge in [-0.25, -0.2) is 0 Å². The first-order valence-electron chi connectivity index (χ1n) is 5.62. The van der Waals surface area contributed by atoms with Crippen LogP contribution in [-0.4, -0.2) is 23.3 Å². The van der Waals surface area contributed by atoms with Gasteiger partial charge in [0.05, 0.1) is 6.54 Å². The minimum atomic E-state index is 0.515. The molecule has 2 N–H and O–H groups in total. The van der Waals surface area contributed by atoms with Crippen molar-refractivity contribution in [3.8, 4) is 0 Å². The fourth-order valence-electron chi connectivity index (χ4n) is 1.96. The van der Waals surface area contributed by atoms with Crippen molar-refractivity contribution in [3.05, 3.63) is 5.89 Å². The van der Waals surface area contributed by atoms with E-state index in [1.807, 2.05) is 7.05 Å². The van der Waals surface area contributed by atoms with E-state index >= 15 is 0 Å². The lowest BCUT2D eigenvalue weighted by Crippen LogP contribution is -2.22. The van der Waals surface area contributed by atoms with E-state index in [4.69, 9.17) is 4.42 Å².